The van der Waals surface area contributed by atoms with Crippen LogP contribution in [0.25, 0.3) is 11.0 Å². The molecule has 0 bridgehead atoms. The van der Waals surface area contributed by atoms with Crippen molar-refractivity contribution >= 4 is 16.9 Å². The molecule has 1 aromatic carbocycles. The van der Waals surface area contributed by atoms with E-state index in [2.05, 4.69) is 0 Å². The highest BCUT2D eigenvalue weighted by Crippen LogP contribution is 2.26. The largest absolute Gasteiger partial charge is 0.460 e. The molecule has 0 saturated heterocycles. The lowest BCUT2D eigenvalue weighted by Gasteiger charge is -1.97. The van der Waals surface area contributed by atoms with E-state index in [0.29, 0.717) is 12.4 Å². The summed E-state index contributed by atoms with van der Waals surface area (Å²) in [5.74, 6) is -0.0868. The van der Waals surface area contributed by atoms with Crippen molar-refractivity contribution in [1.29, 1.82) is 0 Å². The third-order valence-corrected chi connectivity index (χ3v) is 2.55. The van der Waals surface area contributed by atoms with Gasteiger partial charge in [-0.1, -0.05) is 12.1 Å². The van der Waals surface area contributed by atoms with E-state index in [0.717, 1.165) is 22.1 Å². The fourth-order valence-electron chi connectivity index (χ4n) is 1.72. The van der Waals surface area contributed by atoms with Gasteiger partial charge in [0, 0.05) is 10.9 Å². The summed E-state index contributed by atoms with van der Waals surface area (Å²) < 4.78 is 10.5. The predicted molar refractivity (Wildman–Crippen MR) is 61.6 cm³/mol. The SMILES string of the molecule is CCOC(=O)c1oc2cc(C)ccc2c1C. The minimum Gasteiger partial charge on any atom is -0.460 e. The number of benzene rings is 1. The molecule has 0 saturated carbocycles. The van der Waals surface area contributed by atoms with Gasteiger partial charge in [-0.15, -0.1) is 0 Å². The fourth-order valence-corrected chi connectivity index (χ4v) is 1.72. The first kappa shape index (κ1) is 10.7. The van der Waals surface area contributed by atoms with Crippen molar-refractivity contribution in [3.8, 4) is 0 Å². The summed E-state index contributed by atoms with van der Waals surface area (Å²) in [7, 11) is 0. The molecule has 3 nitrogen and oxygen atoms in total. The van der Waals surface area contributed by atoms with Crippen molar-refractivity contribution in [1.82, 2.24) is 0 Å². The van der Waals surface area contributed by atoms with Gasteiger partial charge in [-0.2, -0.15) is 0 Å². The van der Waals surface area contributed by atoms with E-state index in [4.69, 9.17) is 9.15 Å². The summed E-state index contributed by atoms with van der Waals surface area (Å²) in [4.78, 5) is 11.6. The molecule has 0 amide bonds. The van der Waals surface area contributed by atoms with Crippen molar-refractivity contribution in [3.63, 3.8) is 0 Å². The third kappa shape index (κ3) is 1.69. The maximum absolute atomic E-state index is 11.6. The van der Waals surface area contributed by atoms with E-state index in [-0.39, 0.29) is 0 Å². The van der Waals surface area contributed by atoms with Gasteiger partial charge >= 0.3 is 5.97 Å². The molecule has 0 spiro atoms. The normalized spacial score (nSPS) is 10.7. The Kier molecular flexibility index (Phi) is 2.69. The Bertz CT molecular complexity index is 537. The van der Waals surface area contributed by atoms with Crippen LogP contribution >= 0.6 is 0 Å². The molecule has 0 radical (unpaired) electrons. The average molecular weight is 218 g/mol. The first-order valence-corrected chi connectivity index (χ1v) is 5.30. The zero-order valence-corrected chi connectivity index (χ0v) is 9.66. The molecule has 1 heterocycles. The zero-order valence-electron chi connectivity index (χ0n) is 9.66. The molecule has 3 heteroatoms. The number of furan rings is 1. The topological polar surface area (TPSA) is 39.4 Å². The summed E-state index contributed by atoms with van der Waals surface area (Å²) in [5.41, 5.74) is 2.69. The molecule has 0 N–H and O–H groups in total. The Morgan fingerprint density at radius 3 is 2.81 bits per heavy atom. The molecule has 1 aromatic heterocycles. The van der Waals surface area contributed by atoms with Crippen LogP contribution in [0, 0.1) is 13.8 Å². The Labute approximate surface area is 94.0 Å². The summed E-state index contributed by atoms with van der Waals surface area (Å²) >= 11 is 0. The molecule has 2 aromatic rings. The highest BCUT2D eigenvalue weighted by atomic mass is 16.5. The molecule has 16 heavy (non-hydrogen) atoms. The van der Waals surface area contributed by atoms with Crippen molar-refractivity contribution < 1.29 is 13.9 Å². The smallest absolute Gasteiger partial charge is 0.374 e. The number of carbonyl (C=O) groups excluding carboxylic acids is 1. The Morgan fingerprint density at radius 1 is 1.38 bits per heavy atom. The Morgan fingerprint density at radius 2 is 2.12 bits per heavy atom. The van der Waals surface area contributed by atoms with Crippen LogP contribution in [0.4, 0.5) is 0 Å². The van der Waals surface area contributed by atoms with Gasteiger partial charge in [0.2, 0.25) is 5.76 Å². The summed E-state index contributed by atoms with van der Waals surface area (Å²) in [6, 6.07) is 5.89. The van der Waals surface area contributed by atoms with Crippen LogP contribution in [0.3, 0.4) is 0 Å². The van der Waals surface area contributed by atoms with Crippen LogP contribution in [-0.4, -0.2) is 12.6 Å². The minimum atomic E-state index is -0.395. The van der Waals surface area contributed by atoms with E-state index >= 15 is 0 Å². The first-order valence-electron chi connectivity index (χ1n) is 5.30. The maximum Gasteiger partial charge on any atom is 0.374 e. The molecule has 0 aliphatic heterocycles. The van der Waals surface area contributed by atoms with Crippen LogP contribution in [0.15, 0.2) is 22.6 Å². The zero-order chi connectivity index (χ0) is 11.7. The van der Waals surface area contributed by atoms with Crippen LogP contribution in [0.5, 0.6) is 0 Å². The van der Waals surface area contributed by atoms with E-state index in [9.17, 15) is 4.79 Å². The van der Waals surface area contributed by atoms with Gasteiger partial charge < -0.3 is 9.15 Å². The van der Waals surface area contributed by atoms with Crippen LogP contribution in [-0.2, 0) is 4.74 Å². The standard InChI is InChI=1S/C13H14O3/c1-4-15-13(14)12-9(3)10-6-5-8(2)7-11(10)16-12/h5-7H,4H2,1-3H3. The summed E-state index contributed by atoms with van der Waals surface area (Å²) in [5, 5.41) is 0.966. The van der Waals surface area contributed by atoms with Gasteiger partial charge in [0.05, 0.1) is 6.61 Å². The fraction of sp³-hybridized carbons (Fsp3) is 0.308. The molecule has 2 rings (SSSR count). The molecule has 84 valence electrons. The van der Waals surface area contributed by atoms with E-state index < -0.39 is 5.97 Å². The molecule has 0 unspecified atom stereocenters. The van der Waals surface area contributed by atoms with Gasteiger partial charge in [0.1, 0.15) is 5.58 Å². The monoisotopic (exact) mass is 218 g/mol. The molecule has 0 fully saturated rings. The number of hydrogen-bond donors (Lipinski definition) is 0. The maximum atomic E-state index is 11.6. The minimum absolute atomic E-state index is 0.308. The van der Waals surface area contributed by atoms with Crippen molar-refractivity contribution in [2.45, 2.75) is 20.8 Å². The van der Waals surface area contributed by atoms with Gasteiger partial charge in [0.25, 0.3) is 0 Å². The number of aryl methyl sites for hydroxylation is 2. The molecule has 0 aliphatic rings. The number of hydrogen-bond acceptors (Lipinski definition) is 3. The van der Waals surface area contributed by atoms with Crippen molar-refractivity contribution in [2.24, 2.45) is 0 Å². The van der Waals surface area contributed by atoms with Gasteiger partial charge in [-0.05, 0) is 32.4 Å². The van der Waals surface area contributed by atoms with Crippen LogP contribution in [0.1, 0.15) is 28.6 Å². The summed E-state index contributed by atoms with van der Waals surface area (Å²) in [6.07, 6.45) is 0. The molecule has 0 aliphatic carbocycles. The van der Waals surface area contributed by atoms with E-state index in [1.165, 1.54) is 0 Å². The number of fused-ring (bicyclic) bond motifs is 1. The van der Waals surface area contributed by atoms with Crippen LogP contribution < -0.4 is 0 Å². The number of ether oxygens (including phenoxy) is 1. The lowest BCUT2D eigenvalue weighted by Crippen LogP contribution is -2.04. The Balaban J connectivity index is 2.55. The summed E-state index contributed by atoms with van der Waals surface area (Å²) in [6.45, 7) is 5.99. The molecular formula is C13H14O3. The molecular weight excluding hydrogens is 204 g/mol. The number of esters is 1. The highest BCUT2D eigenvalue weighted by Gasteiger charge is 2.18. The first-order chi connectivity index (χ1) is 7.63. The Hall–Kier alpha value is -1.77. The highest BCUT2D eigenvalue weighted by molar-refractivity contribution is 5.96. The lowest BCUT2D eigenvalue weighted by molar-refractivity contribution is 0.0491. The van der Waals surface area contributed by atoms with Gasteiger partial charge in [-0.25, -0.2) is 4.79 Å². The lowest BCUT2D eigenvalue weighted by atomic mass is 10.1. The van der Waals surface area contributed by atoms with Gasteiger partial charge in [-0.3, -0.25) is 0 Å². The van der Waals surface area contributed by atoms with Crippen LogP contribution in [0.2, 0.25) is 0 Å². The predicted octanol–water partition coefficient (Wildman–Crippen LogP) is 3.23. The van der Waals surface area contributed by atoms with Gasteiger partial charge in [0.15, 0.2) is 0 Å². The van der Waals surface area contributed by atoms with E-state index in [1.54, 1.807) is 6.92 Å². The quantitative estimate of drug-likeness (QED) is 0.726. The number of carbonyl (C=O) groups is 1. The average Bonchev–Trinajstić information content (AvgIpc) is 2.56. The number of rotatable bonds is 2. The molecule has 0 atom stereocenters. The third-order valence-electron chi connectivity index (χ3n) is 2.55. The van der Waals surface area contributed by atoms with Crippen molar-refractivity contribution in [2.75, 3.05) is 6.61 Å². The van der Waals surface area contributed by atoms with Crippen molar-refractivity contribution in [3.05, 3.63) is 35.1 Å². The second-order valence-electron chi connectivity index (χ2n) is 3.78. The van der Waals surface area contributed by atoms with E-state index in [1.807, 2.05) is 32.0 Å². The second-order valence-corrected chi connectivity index (χ2v) is 3.78. The second kappa shape index (κ2) is 4.00.